The topological polar surface area (TPSA) is 68.0 Å². The Kier molecular flexibility index (Phi) is 2.71. The minimum absolute atomic E-state index is 0.146. The molecule has 0 fully saturated rings. The second-order valence-corrected chi connectivity index (χ2v) is 5.36. The number of aromatic amines is 1. The van der Waals surface area contributed by atoms with Crippen LogP contribution in [0.2, 0.25) is 5.02 Å². The summed E-state index contributed by atoms with van der Waals surface area (Å²) in [7, 11) is 0. The summed E-state index contributed by atoms with van der Waals surface area (Å²) in [6.07, 6.45) is 0. The van der Waals surface area contributed by atoms with E-state index in [0.29, 0.717) is 33.1 Å². The quantitative estimate of drug-likeness (QED) is 0.587. The first-order valence-corrected chi connectivity index (χ1v) is 6.94. The maximum atomic E-state index is 12.5. The zero-order valence-corrected chi connectivity index (χ0v) is 11.9. The molecule has 1 aromatic carbocycles. The normalized spacial score (nSPS) is 11.3. The van der Waals surface area contributed by atoms with Crippen molar-refractivity contribution in [2.24, 2.45) is 0 Å². The number of benzene rings is 2. The molecule has 22 heavy (non-hydrogen) atoms. The Labute approximate surface area is 128 Å². The number of fused-ring (bicyclic) bond motifs is 2. The molecule has 2 aliphatic rings. The van der Waals surface area contributed by atoms with E-state index in [-0.39, 0.29) is 11.0 Å². The number of nitrogens with one attached hydrogen (secondary N) is 1. The van der Waals surface area contributed by atoms with Crippen LogP contribution in [0.25, 0.3) is 28.1 Å². The zero-order chi connectivity index (χ0) is 15.3. The van der Waals surface area contributed by atoms with Crippen molar-refractivity contribution in [3.8, 4) is 17.0 Å². The standard InChI is InChI=1S/C16H9ClN2O3/c17-10-2-1-3-11(7-10)19-16(21)13-6-9-4-5-12(20)8-14(9)22-15(13)18-19/h1-8,18H. The van der Waals surface area contributed by atoms with Crippen molar-refractivity contribution >= 4 is 22.7 Å². The van der Waals surface area contributed by atoms with Gasteiger partial charge in [-0.25, -0.2) is 4.68 Å². The molecule has 0 amide bonds. The fourth-order valence-corrected chi connectivity index (χ4v) is 2.60. The van der Waals surface area contributed by atoms with Crippen LogP contribution in [0, 0.1) is 0 Å². The third kappa shape index (κ3) is 1.95. The van der Waals surface area contributed by atoms with Gasteiger partial charge in [0.05, 0.1) is 5.69 Å². The lowest BCUT2D eigenvalue weighted by molar-refractivity contribution is 0.598. The maximum Gasteiger partial charge on any atom is 0.282 e. The number of aromatic nitrogens is 2. The molecular weight excluding hydrogens is 304 g/mol. The van der Waals surface area contributed by atoms with Gasteiger partial charge < -0.3 is 4.42 Å². The monoisotopic (exact) mass is 312 g/mol. The summed E-state index contributed by atoms with van der Waals surface area (Å²) in [4.78, 5) is 23.9. The highest BCUT2D eigenvalue weighted by atomic mass is 35.5. The molecule has 108 valence electrons. The van der Waals surface area contributed by atoms with E-state index in [4.69, 9.17) is 16.0 Å². The van der Waals surface area contributed by atoms with E-state index in [1.165, 1.54) is 16.8 Å². The number of halogens is 1. The van der Waals surface area contributed by atoms with Gasteiger partial charge in [-0.05, 0) is 36.4 Å². The van der Waals surface area contributed by atoms with Gasteiger partial charge in [-0.3, -0.25) is 14.7 Å². The Morgan fingerprint density at radius 2 is 1.91 bits per heavy atom. The van der Waals surface area contributed by atoms with Crippen LogP contribution < -0.4 is 11.0 Å². The molecule has 5 nitrogen and oxygen atoms in total. The predicted octanol–water partition coefficient (Wildman–Crippen LogP) is 3.03. The molecule has 1 aliphatic carbocycles. The minimum Gasteiger partial charge on any atom is -0.438 e. The van der Waals surface area contributed by atoms with Gasteiger partial charge >= 0.3 is 0 Å². The summed E-state index contributed by atoms with van der Waals surface area (Å²) in [5.41, 5.74) is 1.23. The number of hydrogen-bond donors (Lipinski definition) is 1. The number of H-pyrrole nitrogens is 1. The molecule has 0 bridgehead atoms. The van der Waals surface area contributed by atoms with E-state index in [0.717, 1.165) is 0 Å². The second-order valence-electron chi connectivity index (χ2n) is 4.92. The molecule has 1 aliphatic heterocycles. The third-order valence-corrected chi connectivity index (χ3v) is 3.69. The van der Waals surface area contributed by atoms with Crippen LogP contribution in [0.5, 0.6) is 0 Å². The molecule has 1 aromatic heterocycles. The lowest BCUT2D eigenvalue weighted by atomic mass is 10.1. The molecular formula is C16H9ClN2O3. The molecule has 4 rings (SSSR count). The molecule has 0 radical (unpaired) electrons. The molecule has 0 saturated carbocycles. The first kappa shape index (κ1) is 12.9. The minimum atomic E-state index is -0.242. The average Bonchev–Trinajstić information content (AvgIpc) is 2.81. The highest BCUT2D eigenvalue weighted by Crippen LogP contribution is 2.25. The van der Waals surface area contributed by atoms with Crippen molar-refractivity contribution in [3.63, 3.8) is 0 Å². The average molecular weight is 313 g/mol. The van der Waals surface area contributed by atoms with Crippen molar-refractivity contribution in [2.75, 3.05) is 0 Å². The summed E-state index contributed by atoms with van der Waals surface area (Å²) in [6, 6.07) is 13.1. The Hall–Kier alpha value is -2.79. The highest BCUT2D eigenvalue weighted by Gasteiger charge is 2.14. The molecule has 0 saturated heterocycles. The van der Waals surface area contributed by atoms with E-state index in [1.54, 1.807) is 36.4 Å². The number of nitrogens with zero attached hydrogens (tertiary/aromatic N) is 1. The Balaban J connectivity index is 2.05. The van der Waals surface area contributed by atoms with E-state index >= 15 is 0 Å². The smallest absolute Gasteiger partial charge is 0.282 e. The van der Waals surface area contributed by atoms with Crippen molar-refractivity contribution in [1.82, 2.24) is 9.78 Å². The largest absolute Gasteiger partial charge is 0.438 e. The van der Waals surface area contributed by atoms with Gasteiger partial charge in [0.2, 0.25) is 5.71 Å². The van der Waals surface area contributed by atoms with Crippen LogP contribution >= 0.6 is 11.6 Å². The summed E-state index contributed by atoms with van der Waals surface area (Å²) < 4.78 is 6.99. The van der Waals surface area contributed by atoms with Crippen LogP contribution in [0.4, 0.5) is 0 Å². The van der Waals surface area contributed by atoms with Crippen LogP contribution in [0.3, 0.4) is 0 Å². The molecule has 1 N–H and O–H groups in total. The van der Waals surface area contributed by atoms with Crippen molar-refractivity contribution in [2.45, 2.75) is 0 Å². The molecule has 2 aromatic rings. The van der Waals surface area contributed by atoms with Gasteiger partial charge in [0.1, 0.15) is 11.1 Å². The van der Waals surface area contributed by atoms with E-state index in [1.807, 2.05) is 0 Å². The zero-order valence-electron chi connectivity index (χ0n) is 11.2. The third-order valence-electron chi connectivity index (χ3n) is 3.45. The lowest BCUT2D eigenvalue weighted by Crippen LogP contribution is -2.14. The summed E-state index contributed by atoms with van der Waals surface area (Å²) in [6.45, 7) is 0. The van der Waals surface area contributed by atoms with Crippen LogP contribution in [0.15, 0.2) is 62.5 Å². The van der Waals surface area contributed by atoms with E-state index in [2.05, 4.69) is 5.10 Å². The first-order valence-electron chi connectivity index (χ1n) is 6.56. The van der Waals surface area contributed by atoms with Crippen LogP contribution in [-0.4, -0.2) is 9.78 Å². The fraction of sp³-hybridized carbons (Fsp3) is 0. The SMILES string of the molecule is O=c1ccc2cc3c(=O)n(-c4cccc(Cl)c4)[nH]c3oc-2c1. The summed E-state index contributed by atoms with van der Waals surface area (Å²) >= 11 is 5.96. The van der Waals surface area contributed by atoms with Gasteiger partial charge in [0.25, 0.3) is 5.56 Å². The van der Waals surface area contributed by atoms with Gasteiger partial charge in [-0.1, -0.05) is 17.7 Å². The number of rotatable bonds is 1. The lowest BCUT2D eigenvalue weighted by Gasteiger charge is -2.01. The predicted molar refractivity (Wildman–Crippen MR) is 84.1 cm³/mol. The van der Waals surface area contributed by atoms with Gasteiger partial charge in [-0.15, -0.1) is 0 Å². The van der Waals surface area contributed by atoms with Gasteiger partial charge in [0.15, 0.2) is 5.43 Å². The van der Waals surface area contributed by atoms with Crippen LogP contribution in [0.1, 0.15) is 0 Å². The maximum absolute atomic E-state index is 12.5. The second kappa shape index (κ2) is 4.61. The van der Waals surface area contributed by atoms with Gasteiger partial charge in [0, 0.05) is 16.7 Å². The molecule has 6 heteroatoms. The van der Waals surface area contributed by atoms with Gasteiger partial charge in [-0.2, -0.15) is 0 Å². The Morgan fingerprint density at radius 1 is 1.05 bits per heavy atom. The van der Waals surface area contributed by atoms with Crippen molar-refractivity contribution in [3.05, 3.63) is 74.1 Å². The highest BCUT2D eigenvalue weighted by molar-refractivity contribution is 6.30. The Bertz CT molecular complexity index is 1090. The van der Waals surface area contributed by atoms with E-state index < -0.39 is 0 Å². The summed E-state index contributed by atoms with van der Waals surface area (Å²) in [5.74, 6) is 0.430. The molecule has 2 heterocycles. The molecule has 0 spiro atoms. The first-order chi connectivity index (χ1) is 10.6. The molecule has 0 atom stereocenters. The molecule has 0 unspecified atom stereocenters. The Morgan fingerprint density at radius 3 is 2.73 bits per heavy atom. The van der Waals surface area contributed by atoms with E-state index in [9.17, 15) is 9.59 Å². The fourth-order valence-electron chi connectivity index (χ4n) is 2.42. The van der Waals surface area contributed by atoms with Crippen molar-refractivity contribution < 1.29 is 4.42 Å². The van der Waals surface area contributed by atoms with Crippen molar-refractivity contribution in [1.29, 1.82) is 0 Å². The van der Waals surface area contributed by atoms with Crippen LogP contribution in [-0.2, 0) is 0 Å². The number of hydrogen-bond acceptors (Lipinski definition) is 3. The summed E-state index contributed by atoms with van der Waals surface area (Å²) in [5, 5.41) is 3.83.